The molecule has 0 bridgehead atoms. The van der Waals surface area contributed by atoms with E-state index in [-0.39, 0.29) is 19.1 Å². The number of aliphatic hydroxyl groups excluding tert-OH is 1. The van der Waals surface area contributed by atoms with Gasteiger partial charge in [0.15, 0.2) is 0 Å². The van der Waals surface area contributed by atoms with Crippen LogP contribution in [0.5, 0.6) is 5.75 Å². The summed E-state index contributed by atoms with van der Waals surface area (Å²) in [4.78, 5) is 16.5. The number of nitrogens with zero attached hydrogens (tertiary/aromatic N) is 1. The number of ether oxygens (including phenoxy) is 1. The molecule has 2 heterocycles. The molecule has 0 saturated carbocycles. The fourth-order valence-corrected chi connectivity index (χ4v) is 2.68. The van der Waals surface area contributed by atoms with Crippen molar-refractivity contribution >= 4 is 22.9 Å². The average Bonchev–Trinajstić information content (AvgIpc) is 3.25. The summed E-state index contributed by atoms with van der Waals surface area (Å²) in [5.41, 5.74) is 1.84. The molecule has 7 heteroatoms. The second-order valence-electron chi connectivity index (χ2n) is 4.60. The van der Waals surface area contributed by atoms with Crippen molar-refractivity contribution in [3.05, 3.63) is 53.9 Å². The highest BCUT2D eigenvalue weighted by molar-refractivity contribution is 7.13. The molecular formula is C16H14N2O4S. The normalized spacial score (nSPS) is 10.5. The standard InChI is InChI=1S/C16H14N2O4S/c19-6-8-22-13-3-1-12(2-4-13)17-15(20)14-10-23-16(18-14)11-5-7-21-9-11/h1-5,7,9-10,19H,6,8H2,(H,17,20). The van der Waals surface area contributed by atoms with Crippen molar-refractivity contribution in [2.45, 2.75) is 0 Å². The number of amides is 1. The van der Waals surface area contributed by atoms with Gasteiger partial charge >= 0.3 is 0 Å². The molecule has 2 N–H and O–H groups in total. The highest BCUT2D eigenvalue weighted by Crippen LogP contribution is 2.24. The molecule has 2 aromatic heterocycles. The zero-order valence-corrected chi connectivity index (χ0v) is 12.9. The number of aromatic nitrogens is 1. The van der Waals surface area contributed by atoms with Crippen molar-refractivity contribution in [1.82, 2.24) is 4.98 Å². The van der Waals surface area contributed by atoms with E-state index in [4.69, 9.17) is 14.3 Å². The van der Waals surface area contributed by atoms with Crippen LogP contribution in [0.4, 0.5) is 5.69 Å². The Hall–Kier alpha value is -2.64. The third kappa shape index (κ3) is 3.77. The molecule has 23 heavy (non-hydrogen) atoms. The van der Waals surface area contributed by atoms with Gasteiger partial charge in [-0.25, -0.2) is 4.98 Å². The molecule has 0 spiro atoms. The van der Waals surface area contributed by atoms with Crippen molar-refractivity contribution in [3.63, 3.8) is 0 Å². The first-order chi connectivity index (χ1) is 11.3. The summed E-state index contributed by atoms with van der Waals surface area (Å²) in [5, 5.41) is 13.9. The molecule has 0 aliphatic rings. The number of carbonyl (C=O) groups is 1. The molecule has 0 aliphatic carbocycles. The van der Waals surface area contributed by atoms with Gasteiger partial charge in [-0.3, -0.25) is 4.79 Å². The van der Waals surface area contributed by atoms with Crippen LogP contribution in [0, 0.1) is 0 Å². The van der Waals surface area contributed by atoms with Gasteiger partial charge in [-0.1, -0.05) is 0 Å². The van der Waals surface area contributed by atoms with Crippen LogP contribution in [0.2, 0.25) is 0 Å². The van der Waals surface area contributed by atoms with E-state index in [1.54, 1.807) is 48.2 Å². The lowest BCUT2D eigenvalue weighted by Gasteiger charge is -2.06. The highest BCUT2D eigenvalue weighted by atomic mass is 32.1. The Bertz CT molecular complexity index is 766. The fourth-order valence-electron chi connectivity index (χ4n) is 1.89. The summed E-state index contributed by atoms with van der Waals surface area (Å²) in [7, 11) is 0. The van der Waals surface area contributed by atoms with E-state index < -0.39 is 0 Å². The van der Waals surface area contributed by atoms with Crippen LogP contribution in [-0.2, 0) is 0 Å². The van der Waals surface area contributed by atoms with Gasteiger partial charge in [0.2, 0.25) is 0 Å². The summed E-state index contributed by atoms with van der Waals surface area (Å²) in [5.74, 6) is 0.355. The van der Waals surface area contributed by atoms with Crippen LogP contribution < -0.4 is 10.1 Å². The molecule has 0 saturated heterocycles. The maximum absolute atomic E-state index is 12.2. The van der Waals surface area contributed by atoms with Crippen LogP contribution in [0.25, 0.3) is 10.6 Å². The first kappa shape index (κ1) is 15.3. The number of thiazole rings is 1. The number of rotatable bonds is 6. The number of carbonyl (C=O) groups excluding carboxylic acids is 1. The van der Waals surface area contributed by atoms with E-state index in [9.17, 15) is 4.79 Å². The summed E-state index contributed by atoms with van der Waals surface area (Å²) in [6.07, 6.45) is 3.16. The van der Waals surface area contributed by atoms with Crippen molar-refractivity contribution in [2.75, 3.05) is 18.5 Å². The molecule has 6 nitrogen and oxygen atoms in total. The molecule has 0 fully saturated rings. The lowest BCUT2D eigenvalue weighted by atomic mass is 10.3. The summed E-state index contributed by atoms with van der Waals surface area (Å²) < 4.78 is 10.3. The first-order valence-electron chi connectivity index (χ1n) is 6.89. The molecule has 0 unspecified atom stereocenters. The molecule has 1 amide bonds. The SMILES string of the molecule is O=C(Nc1ccc(OCCO)cc1)c1csc(-c2ccoc2)n1. The number of furan rings is 1. The van der Waals surface area contributed by atoms with Gasteiger partial charge in [0.25, 0.3) is 5.91 Å². The van der Waals surface area contributed by atoms with Gasteiger partial charge < -0.3 is 19.6 Å². The van der Waals surface area contributed by atoms with E-state index in [0.29, 0.717) is 17.1 Å². The smallest absolute Gasteiger partial charge is 0.275 e. The molecular weight excluding hydrogens is 316 g/mol. The predicted octanol–water partition coefficient (Wildman–Crippen LogP) is 3.03. The van der Waals surface area contributed by atoms with Gasteiger partial charge in [-0.2, -0.15) is 0 Å². The Morgan fingerprint density at radius 3 is 2.83 bits per heavy atom. The van der Waals surface area contributed by atoms with Gasteiger partial charge in [-0.15, -0.1) is 11.3 Å². The molecule has 0 aliphatic heterocycles. The quantitative estimate of drug-likeness (QED) is 0.726. The van der Waals surface area contributed by atoms with Gasteiger partial charge in [0.1, 0.15) is 29.3 Å². The number of nitrogens with one attached hydrogen (secondary N) is 1. The summed E-state index contributed by atoms with van der Waals surface area (Å²) in [6.45, 7) is 0.197. The predicted molar refractivity (Wildman–Crippen MR) is 86.8 cm³/mol. The molecule has 3 aromatic rings. The largest absolute Gasteiger partial charge is 0.491 e. The Balaban J connectivity index is 1.65. The minimum absolute atomic E-state index is 0.0404. The molecule has 3 rings (SSSR count). The zero-order valence-electron chi connectivity index (χ0n) is 12.1. The van der Waals surface area contributed by atoms with Crippen molar-refractivity contribution in [3.8, 4) is 16.3 Å². The second-order valence-corrected chi connectivity index (χ2v) is 5.46. The van der Waals surface area contributed by atoms with Crippen molar-refractivity contribution in [2.24, 2.45) is 0 Å². The van der Waals surface area contributed by atoms with E-state index in [2.05, 4.69) is 10.3 Å². The van der Waals surface area contributed by atoms with Crippen molar-refractivity contribution in [1.29, 1.82) is 0 Å². The van der Waals surface area contributed by atoms with Crippen LogP contribution >= 0.6 is 11.3 Å². The van der Waals surface area contributed by atoms with E-state index in [1.165, 1.54) is 11.3 Å². The van der Waals surface area contributed by atoms with Gasteiger partial charge in [0.05, 0.1) is 12.9 Å². The third-order valence-electron chi connectivity index (χ3n) is 2.98. The molecule has 118 valence electrons. The van der Waals surface area contributed by atoms with Gasteiger partial charge in [-0.05, 0) is 30.3 Å². The van der Waals surface area contributed by atoms with Gasteiger partial charge in [0, 0.05) is 16.6 Å². The van der Waals surface area contributed by atoms with Crippen LogP contribution in [-0.4, -0.2) is 29.2 Å². The summed E-state index contributed by atoms with van der Waals surface area (Å²) >= 11 is 1.38. The second kappa shape index (κ2) is 7.08. The zero-order chi connectivity index (χ0) is 16.1. The minimum Gasteiger partial charge on any atom is -0.491 e. The Morgan fingerprint density at radius 2 is 2.13 bits per heavy atom. The first-order valence-corrected chi connectivity index (χ1v) is 7.77. The maximum atomic E-state index is 12.2. The van der Waals surface area contributed by atoms with E-state index in [1.807, 2.05) is 0 Å². The lowest BCUT2D eigenvalue weighted by Crippen LogP contribution is -2.12. The monoisotopic (exact) mass is 330 g/mol. The molecule has 0 atom stereocenters. The highest BCUT2D eigenvalue weighted by Gasteiger charge is 2.12. The van der Waals surface area contributed by atoms with E-state index >= 15 is 0 Å². The molecule has 1 aromatic carbocycles. The number of hydrogen-bond donors (Lipinski definition) is 2. The average molecular weight is 330 g/mol. The van der Waals surface area contributed by atoms with E-state index in [0.717, 1.165) is 10.6 Å². The minimum atomic E-state index is -0.278. The molecule has 0 radical (unpaired) electrons. The van der Waals surface area contributed by atoms with Crippen LogP contribution in [0.3, 0.4) is 0 Å². The third-order valence-corrected chi connectivity index (χ3v) is 3.87. The number of hydrogen-bond acceptors (Lipinski definition) is 6. The van der Waals surface area contributed by atoms with Crippen LogP contribution in [0.15, 0.2) is 52.7 Å². The Morgan fingerprint density at radius 1 is 1.30 bits per heavy atom. The Labute approximate surface area is 136 Å². The van der Waals surface area contributed by atoms with Crippen molar-refractivity contribution < 1.29 is 19.1 Å². The van der Waals surface area contributed by atoms with Crippen LogP contribution in [0.1, 0.15) is 10.5 Å². The fraction of sp³-hybridized carbons (Fsp3) is 0.125. The Kier molecular flexibility index (Phi) is 4.70. The maximum Gasteiger partial charge on any atom is 0.275 e. The number of anilines is 1. The topological polar surface area (TPSA) is 84.6 Å². The number of aliphatic hydroxyl groups is 1. The number of benzene rings is 1. The lowest BCUT2D eigenvalue weighted by molar-refractivity contribution is 0.102. The summed E-state index contributed by atoms with van der Waals surface area (Å²) in [6, 6.07) is 8.71.